The number of nitrogens with zero attached hydrogens (tertiary/aromatic N) is 2. The number of hydrogen-bond acceptors (Lipinski definition) is 3. The Bertz CT molecular complexity index is 475. The molecule has 5 nitrogen and oxygen atoms in total. The second-order valence-electron chi connectivity index (χ2n) is 5.40. The molecule has 1 saturated heterocycles. The van der Waals surface area contributed by atoms with Crippen LogP contribution in [-0.4, -0.2) is 33.8 Å². The number of hydrogen-bond donors (Lipinski definition) is 1. The number of carbonyl (C=O) groups is 1. The molecule has 0 spiro atoms. The van der Waals surface area contributed by atoms with E-state index in [2.05, 4.69) is 4.57 Å². The maximum absolute atomic E-state index is 10.7. The summed E-state index contributed by atoms with van der Waals surface area (Å²) in [7, 11) is 0. The fourth-order valence-corrected chi connectivity index (χ4v) is 3.20. The van der Waals surface area contributed by atoms with Crippen molar-refractivity contribution in [3.05, 3.63) is 17.2 Å². The molecule has 1 aromatic rings. The van der Waals surface area contributed by atoms with Gasteiger partial charge in [-0.1, -0.05) is 0 Å². The molecule has 0 unspecified atom stereocenters. The van der Waals surface area contributed by atoms with Crippen LogP contribution in [0.1, 0.15) is 48.8 Å². The average Bonchev–Trinajstić information content (AvgIpc) is 2.99. The molecular formula is C14H20N2O3. The highest BCUT2D eigenvalue weighted by Gasteiger charge is 2.27. The number of aryl methyl sites for hydroxylation is 1. The minimum Gasteiger partial charge on any atom is -0.481 e. The van der Waals surface area contributed by atoms with Gasteiger partial charge in [-0.2, -0.15) is 0 Å². The zero-order valence-electron chi connectivity index (χ0n) is 11.1. The molecule has 0 aromatic carbocycles. The Balaban J connectivity index is 1.84. The summed E-state index contributed by atoms with van der Waals surface area (Å²) in [6.45, 7) is 2.64. The van der Waals surface area contributed by atoms with Gasteiger partial charge < -0.3 is 14.4 Å². The average molecular weight is 264 g/mol. The standard InChI is InChI=1S/C14H20N2O3/c17-13(18)4-3-12-15-14(10-5-8-19-9-6-10)11-2-1-7-16(11)12/h10H,1-9H2,(H,17,18). The summed E-state index contributed by atoms with van der Waals surface area (Å²) in [5.74, 6) is 0.728. The number of aliphatic carboxylic acids is 1. The van der Waals surface area contributed by atoms with Crippen molar-refractivity contribution in [2.75, 3.05) is 13.2 Å². The Morgan fingerprint density at radius 3 is 2.95 bits per heavy atom. The first-order chi connectivity index (χ1) is 9.25. The largest absolute Gasteiger partial charge is 0.481 e. The van der Waals surface area contributed by atoms with E-state index in [4.69, 9.17) is 14.8 Å². The van der Waals surface area contributed by atoms with E-state index in [0.717, 1.165) is 51.3 Å². The molecule has 2 aliphatic heterocycles. The van der Waals surface area contributed by atoms with E-state index in [0.29, 0.717) is 12.3 Å². The second kappa shape index (κ2) is 5.33. The number of carboxylic acids is 1. The highest BCUT2D eigenvalue weighted by atomic mass is 16.5. The van der Waals surface area contributed by atoms with Gasteiger partial charge in [-0.05, 0) is 25.7 Å². The predicted octanol–water partition coefficient (Wildman–Crippen LogP) is 1.74. The Hall–Kier alpha value is -1.36. The van der Waals surface area contributed by atoms with Gasteiger partial charge in [0.15, 0.2) is 0 Å². The van der Waals surface area contributed by atoms with E-state index >= 15 is 0 Å². The van der Waals surface area contributed by atoms with Crippen LogP contribution in [0.2, 0.25) is 0 Å². The fourth-order valence-electron chi connectivity index (χ4n) is 3.20. The highest BCUT2D eigenvalue weighted by Crippen LogP contribution is 2.33. The quantitative estimate of drug-likeness (QED) is 0.899. The van der Waals surface area contributed by atoms with Crippen LogP contribution < -0.4 is 0 Å². The highest BCUT2D eigenvalue weighted by molar-refractivity contribution is 5.66. The molecule has 0 amide bonds. The summed E-state index contributed by atoms with van der Waals surface area (Å²) in [6.07, 6.45) is 5.06. The van der Waals surface area contributed by atoms with E-state index in [-0.39, 0.29) is 6.42 Å². The van der Waals surface area contributed by atoms with Gasteiger partial charge in [0, 0.05) is 37.8 Å². The summed E-state index contributed by atoms with van der Waals surface area (Å²) >= 11 is 0. The maximum Gasteiger partial charge on any atom is 0.303 e. The van der Waals surface area contributed by atoms with Crippen molar-refractivity contribution in [3.8, 4) is 0 Å². The summed E-state index contributed by atoms with van der Waals surface area (Å²) in [4.78, 5) is 15.5. The summed E-state index contributed by atoms with van der Waals surface area (Å²) in [6, 6.07) is 0. The third-order valence-corrected chi connectivity index (χ3v) is 4.15. The maximum atomic E-state index is 10.7. The van der Waals surface area contributed by atoms with Crippen molar-refractivity contribution in [2.24, 2.45) is 0 Å². The Kier molecular flexibility index (Phi) is 3.55. The Labute approximate surface area is 112 Å². The van der Waals surface area contributed by atoms with Gasteiger partial charge in [-0.25, -0.2) is 4.98 Å². The van der Waals surface area contributed by atoms with E-state index in [1.807, 2.05) is 0 Å². The molecule has 3 rings (SSSR count). The molecule has 0 bridgehead atoms. The van der Waals surface area contributed by atoms with Crippen molar-refractivity contribution in [1.29, 1.82) is 0 Å². The van der Waals surface area contributed by atoms with Crippen LogP contribution in [0.5, 0.6) is 0 Å². The van der Waals surface area contributed by atoms with Crippen molar-refractivity contribution < 1.29 is 14.6 Å². The van der Waals surface area contributed by atoms with E-state index in [9.17, 15) is 4.79 Å². The monoisotopic (exact) mass is 264 g/mol. The van der Waals surface area contributed by atoms with Crippen LogP contribution in [0.15, 0.2) is 0 Å². The third-order valence-electron chi connectivity index (χ3n) is 4.15. The van der Waals surface area contributed by atoms with Gasteiger partial charge >= 0.3 is 5.97 Å². The van der Waals surface area contributed by atoms with E-state index in [1.54, 1.807) is 0 Å². The van der Waals surface area contributed by atoms with Gasteiger partial charge in [0.25, 0.3) is 0 Å². The fraction of sp³-hybridized carbons (Fsp3) is 0.714. The van der Waals surface area contributed by atoms with Crippen LogP contribution in [0.4, 0.5) is 0 Å². The molecule has 1 aromatic heterocycles. The lowest BCUT2D eigenvalue weighted by Crippen LogP contribution is -2.15. The predicted molar refractivity (Wildman–Crippen MR) is 69.3 cm³/mol. The van der Waals surface area contributed by atoms with Crippen LogP contribution in [0, 0.1) is 0 Å². The number of rotatable bonds is 4. The van der Waals surface area contributed by atoms with Gasteiger partial charge in [-0.3, -0.25) is 4.79 Å². The molecular weight excluding hydrogens is 244 g/mol. The Morgan fingerprint density at radius 1 is 1.42 bits per heavy atom. The molecule has 0 aliphatic carbocycles. The normalized spacial score (nSPS) is 19.6. The van der Waals surface area contributed by atoms with Gasteiger partial charge in [0.1, 0.15) is 5.82 Å². The Morgan fingerprint density at radius 2 is 2.21 bits per heavy atom. The first-order valence-corrected chi connectivity index (χ1v) is 7.13. The summed E-state index contributed by atoms with van der Waals surface area (Å²) < 4.78 is 7.67. The number of carboxylic acid groups (broad SMARTS) is 1. The second-order valence-corrected chi connectivity index (χ2v) is 5.40. The van der Waals surface area contributed by atoms with Crippen molar-refractivity contribution in [1.82, 2.24) is 9.55 Å². The van der Waals surface area contributed by atoms with Crippen molar-refractivity contribution >= 4 is 5.97 Å². The van der Waals surface area contributed by atoms with Crippen LogP contribution in [0.3, 0.4) is 0 Å². The molecule has 1 N–H and O–H groups in total. The van der Waals surface area contributed by atoms with Crippen LogP contribution in [0.25, 0.3) is 0 Å². The summed E-state index contributed by atoms with van der Waals surface area (Å²) in [5, 5.41) is 8.83. The lowest BCUT2D eigenvalue weighted by atomic mass is 9.94. The number of ether oxygens (including phenoxy) is 1. The molecule has 3 heterocycles. The molecule has 0 radical (unpaired) electrons. The number of imidazole rings is 1. The van der Waals surface area contributed by atoms with Crippen LogP contribution in [-0.2, 0) is 28.9 Å². The lowest BCUT2D eigenvalue weighted by Gasteiger charge is -2.21. The van der Waals surface area contributed by atoms with Gasteiger partial charge in [0.2, 0.25) is 0 Å². The zero-order chi connectivity index (χ0) is 13.2. The first-order valence-electron chi connectivity index (χ1n) is 7.13. The van der Waals surface area contributed by atoms with Gasteiger partial charge in [-0.15, -0.1) is 0 Å². The van der Waals surface area contributed by atoms with Crippen LogP contribution >= 0.6 is 0 Å². The zero-order valence-corrected chi connectivity index (χ0v) is 11.1. The van der Waals surface area contributed by atoms with Gasteiger partial charge in [0.05, 0.1) is 12.1 Å². The lowest BCUT2D eigenvalue weighted by molar-refractivity contribution is -0.137. The SMILES string of the molecule is O=C(O)CCc1nc(C2CCOCC2)c2n1CCC2. The summed E-state index contributed by atoms with van der Waals surface area (Å²) in [5.41, 5.74) is 2.58. The molecule has 104 valence electrons. The van der Waals surface area contributed by atoms with Crippen molar-refractivity contribution in [2.45, 2.75) is 51.0 Å². The molecule has 0 atom stereocenters. The molecule has 19 heavy (non-hydrogen) atoms. The number of aromatic nitrogens is 2. The number of fused-ring (bicyclic) bond motifs is 1. The minimum atomic E-state index is -0.747. The third kappa shape index (κ3) is 2.52. The van der Waals surface area contributed by atoms with E-state index < -0.39 is 5.97 Å². The van der Waals surface area contributed by atoms with Crippen molar-refractivity contribution in [3.63, 3.8) is 0 Å². The molecule has 5 heteroatoms. The van der Waals surface area contributed by atoms with E-state index in [1.165, 1.54) is 11.4 Å². The molecule has 2 aliphatic rings. The molecule has 0 saturated carbocycles. The topological polar surface area (TPSA) is 64.3 Å². The first kappa shape index (κ1) is 12.7. The minimum absolute atomic E-state index is 0.170. The smallest absolute Gasteiger partial charge is 0.303 e. The molecule has 1 fully saturated rings.